The van der Waals surface area contributed by atoms with Gasteiger partial charge in [-0.05, 0) is 37.1 Å². The Morgan fingerprint density at radius 3 is 2.74 bits per heavy atom. The number of carbonyl (C=O) groups is 2. The summed E-state index contributed by atoms with van der Waals surface area (Å²) in [6.07, 6.45) is 16.1. The summed E-state index contributed by atoms with van der Waals surface area (Å²) in [5, 5.41) is 6.99. The van der Waals surface area contributed by atoms with Crippen molar-refractivity contribution in [1.29, 1.82) is 0 Å². The molecule has 1 heterocycles. The van der Waals surface area contributed by atoms with Crippen LogP contribution in [0.5, 0.6) is 0 Å². The predicted octanol–water partition coefficient (Wildman–Crippen LogP) is 3.34. The number of alkyl halides is 2. The molecule has 3 N–H and O–H groups in total. The molecule has 3 aliphatic rings. The number of nitrogens with one attached hydrogen (secondary N) is 1. The van der Waals surface area contributed by atoms with E-state index < -0.39 is 36.3 Å². The van der Waals surface area contributed by atoms with Gasteiger partial charge in [0.2, 0.25) is 0 Å². The van der Waals surface area contributed by atoms with E-state index in [1.807, 2.05) is 0 Å². The maximum absolute atomic E-state index is 14.1. The Morgan fingerprint density at radius 1 is 1.20 bits per heavy atom. The van der Waals surface area contributed by atoms with Crippen molar-refractivity contribution in [3.8, 4) is 0 Å². The molecule has 0 bridgehead atoms. The average molecular weight is 491 g/mol. The quantitative estimate of drug-likeness (QED) is 0.167. The van der Waals surface area contributed by atoms with E-state index in [4.69, 9.17) is 10.6 Å². The number of Topliss-reactive ketones (excluding diaryl/α,β-unsaturated/α-hetero) is 1. The Hall–Kier alpha value is -2.82. The van der Waals surface area contributed by atoms with E-state index in [9.17, 15) is 23.3 Å². The van der Waals surface area contributed by atoms with Crippen LogP contribution in [-0.2, 0) is 14.3 Å². The molecule has 3 unspecified atom stereocenters. The highest BCUT2D eigenvalue weighted by molar-refractivity contribution is 5.99. The second kappa shape index (κ2) is 12.8. The van der Waals surface area contributed by atoms with Crippen LogP contribution in [-0.4, -0.2) is 55.0 Å². The molecule has 1 amide bonds. The summed E-state index contributed by atoms with van der Waals surface area (Å²) < 4.78 is 33.4. The van der Waals surface area contributed by atoms with Crippen LogP contribution in [0.3, 0.4) is 0 Å². The van der Waals surface area contributed by atoms with Crippen LogP contribution in [0.2, 0.25) is 0 Å². The molecule has 0 aromatic rings. The summed E-state index contributed by atoms with van der Waals surface area (Å²) in [6.45, 7) is 0.468. The number of ketones is 1. The Kier molecular flexibility index (Phi) is 9.76. The lowest BCUT2D eigenvalue weighted by Gasteiger charge is -2.36. The van der Waals surface area contributed by atoms with Crippen molar-refractivity contribution in [2.75, 3.05) is 26.3 Å². The molecule has 35 heavy (non-hydrogen) atoms. The second-order valence-corrected chi connectivity index (χ2v) is 8.86. The fourth-order valence-corrected chi connectivity index (χ4v) is 4.36. The summed E-state index contributed by atoms with van der Waals surface area (Å²) >= 11 is 0. The van der Waals surface area contributed by atoms with Crippen molar-refractivity contribution in [2.45, 2.75) is 44.1 Å². The van der Waals surface area contributed by atoms with Crippen molar-refractivity contribution in [3.63, 3.8) is 0 Å². The Labute approximate surface area is 203 Å². The summed E-state index contributed by atoms with van der Waals surface area (Å²) in [7, 11) is 0. The van der Waals surface area contributed by atoms with Gasteiger partial charge in [-0.3, -0.25) is 14.6 Å². The minimum absolute atomic E-state index is 0.107. The van der Waals surface area contributed by atoms with E-state index in [0.29, 0.717) is 31.6 Å². The first kappa shape index (κ1) is 26.8. The molecule has 0 aromatic heterocycles. The molecule has 0 fully saturated rings. The molecular formula is C25H32F2N4O4. The predicted molar refractivity (Wildman–Crippen MR) is 128 cm³/mol. The molecule has 0 radical (unpaired) electrons. The van der Waals surface area contributed by atoms with Crippen LogP contribution in [0.15, 0.2) is 65.1 Å². The number of hydrogen-bond acceptors (Lipinski definition) is 7. The van der Waals surface area contributed by atoms with E-state index in [1.54, 1.807) is 30.4 Å². The van der Waals surface area contributed by atoms with Gasteiger partial charge in [-0.15, -0.1) is 4.91 Å². The third-order valence-corrected chi connectivity index (χ3v) is 6.36. The monoisotopic (exact) mass is 490 g/mol. The largest absolute Gasteiger partial charge is 0.375 e. The first-order valence-electron chi connectivity index (χ1n) is 11.9. The first-order valence-corrected chi connectivity index (χ1v) is 11.9. The number of halogens is 2. The molecule has 0 saturated carbocycles. The molecule has 10 heteroatoms. The second-order valence-electron chi connectivity index (χ2n) is 8.86. The van der Waals surface area contributed by atoms with Crippen LogP contribution in [0.4, 0.5) is 8.78 Å². The van der Waals surface area contributed by atoms with E-state index in [1.165, 1.54) is 18.2 Å². The van der Waals surface area contributed by atoms with E-state index in [0.717, 1.165) is 24.3 Å². The molecule has 3 atom stereocenters. The number of nitroso groups, excluding NO2 is 1. The van der Waals surface area contributed by atoms with Gasteiger partial charge in [0.25, 0.3) is 11.8 Å². The molecule has 190 valence electrons. The number of amides is 1. The van der Waals surface area contributed by atoms with Crippen LogP contribution >= 0.6 is 0 Å². The highest BCUT2D eigenvalue weighted by Crippen LogP contribution is 2.33. The number of allylic oxidation sites excluding steroid dienone is 6. The van der Waals surface area contributed by atoms with Crippen molar-refractivity contribution < 1.29 is 23.1 Å². The molecule has 3 rings (SSSR count). The van der Waals surface area contributed by atoms with E-state index in [-0.39, 0.29) is 18.0 Å². The zero-order valence-corrected chi connectivity index (χ0v) is 19.6. The van der Waals surface area contributed by atoms with Gasteiger partial charge in [0.05, 0.1) is 6.54 Å². The Morgan fingerprint density at radius 2 is 2.00 bits per heavy atom. The zero-order chi connectivity index (χ0) is 25.3. The van der Waals surface area contributed by atoms with Crippen molar-refractivity contribution in [1.82, 2.24) is 10.3 Å². The van der Waals surface area contributed by atoms with Crippen molar-refractivity contribution in [2.24, 2.45) is 22.9 Å². The normalized spacial score (nSPS) is 23.7. The van der Waals surface area contributed by atoms with Gasteiger partial charge < -0.3 is 10.1 Å². The third kappa shape index (κ3) is 7.09. The molecular weight excluding hydrogens is 458 g/mol. The maximum Gasteiger partial charge on any atom is 0.277 e. The highest BCUT2D eigenvalue weighted by atomic mass is 19.3. The SMILES string of the molecule is NN1C(=O)C=CC2C(C(=O)CNCCCCCCOCC(F)(F)C3C=CC=CC3)=CC=C(N=O)C21. The van der Waals surface area contributed by atoms with Gasteiger partial charge in [-0.25, -0.2) is 14.6 Å². The van der Waals surface area contributed by atoms with Gasteiger partial charge in [-0.2, -0.15) is 0 Å². The molecule has 0 aromatic carbocycles. The minimum Gasteiger partial charge on any atom is -0.375 e. The summed E-state index contributed by atoms with van der Waals surface area (Å²) in [5.41, 5.74) is 0.568. The molecule has 2 aliphatic carbocycles. The number of unbranched alkanes of at least 4 members (excludes halogenated alkanes) is 3. The molecule has 8 nitrogen and oxygen atoms in total. The topological polar surface area (TPSA) is 114 Å². The Bertz CT molecular complexity index is 942. The lowest BCUT2D eigenvalue weighted by molar-refractivity contribution is -0.129. The maximum atomic E-state index is 14.1. The number of carbonyl (C=O) groups excluding carboxylic acids is 2. The first-order chi connectivity index (χ1) is 16.8. The lowest BCUT2D eigenvalue weighted by atomic mass is 9.81. The number of ether oxygens (including phenoxy) is 1. The number of nitrogens with zero attached hydrogens (tertiary/aromatic N) is 2. The molecule has 1 aliphatic heterocycles. The van der Waals surface area contributed by atoms with Crippen molar-refractivity contribution in [3.05, 3.63) is 64.8 Å². The molecule has 0 spiro atoms. The summed E-state index contributed by atoms with van der Waals surface area (Å²) in [5.74, 6) is 1.02. The third-order valence-electron chi connectivity index (χ3n) is 6.36. The molecule has 0 saturated heterocycles. The Balaban J connectivity index is 1.29. The number of fused-ring (bicyclic) bond motifs is 1. The highest BCUT2D eigenvalue weighted by Gasteiger charge is 2.40. The van der Waals surface area contributed by atoms with Crippen LogP contribution in [0.25, 0.3) is 0 Å². The number of rotatable bonds is 14. The van der Waals surface area contributed by atoms with E-state index >= 15 is 0 Å². The minimum atomic E-state index is -2.86. The standard InChI is InChI=1S/C25H32F2N4O4/c26-25(27,18-8-4-3-5-9-18)17-35-15-7-2-1-6-14-29-16-22(32)19-10-12-21(30-34)24-20(19)11-13-23(33)31(24)28/h3-5,8,10-13,18,20,24,29H,1-2,6-7,9,14-17,28H2. The lowest BCUT2D eigenvalue weighted by Crippen LogP contribution is -2.53. The smallest absolute Gasteiger partial charge is 0.277 e. The van der Waals surface area contributed by atoms with Crippen LogP contribution < -0.4 is 11.2 Å². The number of hydrogen-bond donors (Lipinski definition) is 2. The van der Waals surface area contributed by atoms with Gasteiger partial charge in [0.1, 0.15) is 18.3 Å². The zero-order valence-electron chi connectivity index (χ0n) is 19.6. The van der Waals surface area contributed by atoms with Crippen LogP contribution in [0.1, 0.15) is 32.1 Å². The van der Waals surface area contributed by atoms with Crippen molar-refractivity contribution >= 4 is 11.7 Å². The average Bonchev–Trinajstić information content (AvgIpc) is 2.87. The van der Waals surface area contributed by atoms with Gasteiger partial charge >= 0.3 is 0 Å². The van der Waals surface area contributed by atoms with Crippen LogP contribution in [0, 0.1) is 16.7 Å². The number of nitrogens with two attached hydrogens (primary N) is 1. The number of hydrazine groups is 1. The van der Waals surface area contributed by atoms with Gasteiger partial charge in [-0.1, -0.05) is 49.3 Å². The van der Waals surface area contributed by atoms with Gasteiger partial charge in [0, 0.05) is 30.1 Å². The fraction of sp³-hybridized carbons (Fsp3) is 0.520. The summed E-state index contributed by atoms with van der Waals surface area (Å²) in [4.78, 5) is 35.6. The fourth-order valence-electron chi connectivity index (χ4n) is 4.36. The van der Waals surface area contributed by atoms with Gasteiger partial charge in [0.15, 0.2) is 5.78 Å². The van der Waals surface area contributed by atoms with E-state index in [2.05, 4.69) is 10.5 Å². The summed E-state index contributed by atoms with van der Waals surface area (Å²) in [6, 6.07) is -0.785.